The van der Waals surface area contributed by atoms with Crippen LogP contribution in [-0.4, -0.2) is 21.7 Å². The molecule has 0 saturated carbocycles. The molecule has 2 N–H and O–H groups in total. The first kappa shape index (κ1) is 14.4. The maximum atomic E-state index is 11.8. The van der Waals surface area contributed by atoms with Crippen molar-refractivity contribution in [1.82, 2.24) is 9.97 Å². The standard InChI is InChI=1S/C14H16ClN3O2/c1-14(2,3)20-13(19)18-11-6-9(4-5-10(11)15)12-7-16-8-17-12/h4-8H,1-3H3,(H,16,17)(H,18,19). The van der Waals surface area contributed by atoms with Gasteiger partial charge in [-0.3, -0.25) is 5.32 Å². The SMILES string of the molecule is CC(C)(C)OC(=O)Nc1cc(-c2cnc[nH]2)ccc1Cl. The molecule has 0 spiro atoms. The zero-order chi connectivity index (χ0) is 14.8. The van der Waals surface area contributed by atoms with E-state index in [-0.39, 0.29) is 0 Å². The van der Waals surface area contributed by atoms with E-state index >= 15 is 0 Å². The van der Waals surface area contributed by atoms with Gasteiger partial charge in [-0.2, -0.15) is 0 Å². The average Bonchev–Trinajstić information content (AvgIpc) is 2.83. The van der Waals surface area contributed by atoms with Crippen molar-refractivity contribution in [2.45, 2.75) is 26.4 Å². The van der Waals surface area contributed by atoms with Gasteiger partial charge in [0.25, 0.3) is 0 Å². The Morgan fingerprint density at radius 2 is 2.15 bits per heavy atom. The number of amides is 1. The lowest BCUT2D eigenvalue weighted by Gasteiger charge is -2.20. The van der Waals surface area contributed by atoms with Crippen molar-refractivity contribution >= 4 is 23.4 Å². The maximum absolute atomic E-state index is 11.8. The summed E-state index contributed by atoms with van der Waals surface area (Å²) in [6.45, 7) is 5.40. The maximum Gasteiger partial charge on any atom is 0.412 e. The lowest BCUT2D eigenvalue weighted by Crippen LogP contribution is -2.27. The number of imidazole rings is 1. The number of H-pyrrole nitrogens is 1. The molecular formula is C14H16ClN3O2. The first-order chi connectivity index (χ1) is 9.35. The molecule has 2 rings (SSSR count). The predicted octanol–water partition coefficient (Wildman–Crippen LogP) is 4.08. The van der Waals surface area contributed by atoms with Crippen LogP contribution in [0.25, 0.3) is 11.3 Å². The van der Waals surface area contributed by atoms with Gasteiger partial charge in [0.1, 0.15) is 5.60 Å². The van der Waals surface area contributed by atoms with E-state index in [1.165, 1.54) is 0 Å². The quantitative estimate of drug-likeness (QED) is 0.877. The van der Waals surface area contributed by atoms with Crippen molar-refractivity contribution in [2.75, 3.05) is 5.32 Å². The minimum atomic E-state index is -0.558. The molecule has 5 nitrogen and oxygen atoms in total. The lowest BCUT2D eigenvalue weighted by molar-refractivity contribution is 0.0636. The Balaban J connectivity index is 2.19. The Hall–Kier alpha value is -2.01. The summed E-state index contributed by atoms with van der Waals surface area (Å²) in [6.07, 6.45) is 2.74. The van der Waals surface area contributed by atoms with Crippen LogP contribution in [0.4, 0.5) is 10.5 Å². The molecule has 1 amide bonds. The molecule has 0 radical (unpaired) electrons. The van der Waals surface area contributed by atoms with Crippen molar-refractivity contribution in [3.63, 3.8) is 0 Å². The van der Waals surface area contributed by atoms with E-state index in [2.05, 4.69) is 15.3 Å². The zero-order valence-electron chi connectivity index (χ0n) is 11.5. The Labute approximate surface area is 122 Å². The Kier molecular flexibility index (Phi) is 3.99. The molecule has 0 fully saturated rings. The first-order valence-electron chi connectivity index (χ1n) is 6.13. The number of aromatic amines is 1. The summed E-state index contributed by atoms with van der Waals surface area (Å²) in [6, 6.07) is 5.32. The van der Waals surface area contributed by atoms with Crippen LogP contribution in [0.2, 0.25) is 5.02 Å². The van der Waals surface area contributed by atoms with Crippen LogP contribution in [0.1, 0.15) is 20.8 Å². The van der Waals surface area contributed by atoms with E-state index < -0.39 is 11.7 Å². The number of hydrogen-bond donors (Lipinski definition) is 2. The molecule has 0 saturated heterocycles. The highest BCUT2D eigenvalue weighted by Gasteiger charge is 2.17. The molecule has 1 heterocycles. The van der Waals surface area contributed by atoms with Crippen molar-refractivity contribution < 1.29 is 9.53 Å². The molecule has 6 heteroatoms. The number of aromatic nitrogens is 2. The van der Waals surface area contributed by atoms with Crippen LogP contribution < -0.4 is 5.32 Å². The number of carbonyl (C=O) groups is 1. The summed E-state index contributed by atoms with van der Waals surface area (Å²) in [4.78, 5) is 18.7. The molecule has 0 aliphatic carbocycles. The molecule has 1 aromatic carbocycles. The monoisotopic (exact) mass is 293 g/mol. The highest BCUT2D eigenvalue weighted by molar-refractivity contribution is 6.33. The van der Waals surface area contributed by atoms with Crippen LogP contribution in [-0.2, 0) is 4.74 Å². The fourth-order valence-electron chi connectivity index (χ4n) is 1.62. The zero-order valence-corrected chi connectivity index (χ0v) is 12.3. The summed E-state index contributed by atoms with van der Waals surface area (Å²) in [5, 5.41) is 3.09. The fourth-order valence-corrected chi connectivity index (χ4v) is 1.78. The highest BCUT2D eigenvalue weighted by atomic mass is 35.5. The number of halogens is 1. The molecule has 0 bridgehead atoms. The van der Waals surface area contributed by atoms with Gasteiger partial charge >= 0.3 is 6.09 Å². The second-order valence-electron chi connectivity index (χ2n) is 5.29. The number of hydrogen-bond acceptors (Lipinski definition) is 3. The summed E-state index contributed by atoms with van der Waals surface area (Å²) in [5.41, 5.74) is 1.65. The minimum absolute atomic E-state index is 0.444. The molecule has 20 heavy (non-hydrogen) atoms. The Bertz CT molecular complexity index is 603. The van der Waals surface area contributed by atoms with Gasteiger partial charge < -0.3 is 9.72 Å². The van der Waals surface area contributed by atoms with Crippen LogP contribution >= 0.6 is 11.6 Å². The third-order valence-electron chi connectivity index (χ3n) is 2.41. The van der Waals surface area contributed by atoms with Gasteiger partial charge in [-0.25, -0.2) is 9.78 Å². The van der Waals surface area contributed by atoms with Crippen LogP contribution in [0.3, 0.4) is 0 Å². The minimum Gasteiger partial charge on any atom is -0.444 e. The van der Waals surface area contributed by atoms with E-state index in [4.69, 9.17) is 16.3 Å². The predicted molar refractivity (Wildman–Crippen MR) is 78.9 cm³/mol. The molecule has 0 aliphatic rings. The van der Waals surface area contributed by atoms with E-state index in [1.54, 1.807) is 45.4 Å². The second kappa shape index (κ2) is 5.54. The Morgan fingerprint density at radius 1 is 1.40 bits per heavy atom. The topological polar surface area (TPSA) is 67.0 Å². The fraction of sp³-hybridized carbons (Fsp3) is 0.286. The third kappa shape index (κ3) is 3.74. The van der Waals surface area contributed by atoms with Gasteiger partial charge in [-0.15, -0.1) is 0 Å². The number of rotatable bonds is 2. The average molecular weight is 294 g/mol. The number of nitrogens with one attached hydrogen (secondary N) is 2. The van der Waals surface area contributed by atoms with Gasteiger partial charge in [-0.1, -0.05) is 17.7 Å². The number of ether oxygens (including phenoxy) is 1. The third-order valence-corrected chi connectivity index (χ3v) is 2.74. The highest BCUT2D eigenvalue weighted by Crippen LogP contribution is 2.28. The number of carbonyl (C=O) groups excluding carboxylic acids is 1. The van der Waals surface area contributed by atoms with E-state index in [0.717, 1.165) is 11.3 Å². The van der Waals surface area contributed by atoms with Gasteiger partial charge in [0.2, 0.25) is 0 Å². The number of benzene rings is 1. The van der Waals surface area contributed by atoms with E-state index in [9.17, 15) is 4.79 Å². The van der Waals surface area contributed by atoms with Crippen LogP contribution in [0.5, 0.6) is 0 Å². The van der Waals surface area contributed by atoms with Crippen molar-refractivity contribution in [2.24, 2.45) is 0 Å². The van der Waals surface area contributed by atoms with Crippen molar-refractivity contribution in [3.05, 3.63) is 35.7 Å². The number of nitrogens with zero attached hydrogens (tertiary/aromatic N) is 1. The van der Waals surface area contributed by atoms with E-state index in [1.807, 2.05) is 6.07 Å². The molecule has 106 valence electrons. The number of anilines is 1. The molecule has 1 aromatic heterocycles. The van der Waals surface area contributed by atoms with Crippen LogP contribution in [0.15, 0.2) is 30.7 Å². The molecule has 2 aromatic rings. The molecule has 0 unspecified atom stereocenters. The second-order valence-corrected chi connectivity index (χ2v) is 5.69. The van der Waals surface area contributed by atoms with Gasteiger partial charge in [-0.05, 0) is 32.9 Å². The van der Waals surface area contributed by atoms with Crippen LogP contribution in [0, 0.1) is 0 Å². The summed E-state index contributed by atoms with van der Waals surface area (Å²) >= 11 is 6.08. The molecule has 0 aliphatic heterocycles. The first-order valence-corrected chi connectivity index (χ1v) is 6.51. The Morgan fingerprint density at radius 3 is 2.75 bits per heavy atom. The molecular weight excluding hydrogens is 278 g/mol. The summed E-state index contributed by atoms with van der Waals surface area (Å²) < 4.78 is 5.20. The summed E-state index contributed by atoms with van der Waals surface area (Å²) in [5.74, 6) is 0. The van der Waals surface area contributed by atoms with Gasteiger partial charge in [0.15, 0.2) is 0 Å². The normalized spacial score (nSPS) is 11.2. The summed E-state index contributed by atoms with van der Waals surface area (Å²) in [7, 11) is 0. The van der Waals surface area contributed by atoms with Crippen molar-refractivity contribution in [1.29, 1.82) is 0 Å². The van der Waals surface area contributed by atoms with Crippen molar-refractivity contribution in [3.8, 4) is 11.3 Å². The van der Waals surface area contributed by atoms with Gasteiger partial charge in [0.05, 0.1) is 28.9 Å². The van der Waals surface area contributed by atoms with E-state index in [0.29, 0.717) is 10.7 Å². The lowest BCUT2D eigenvalue weighted by atomic mass is 10.1. The smallest absolute Gasteiger partial charge is 0.412 e. The molecule has 0 atom stereocenters. The van der Waals surface area contributed by atoms with Gasteiger partial charge in [0, 0.05) is 5.56 Å². The largest absolute Gasteiger partial charge is 0.444 e.